The molecule has 0 saturated carbocycles. The van der Waals surface area contributed by atoms with Gasteiger partial charge >= 0.3 is 0 Å². The van der Waals surface area contributed by atoms with Crippen LogP contribution in [0.25, 0.3) is 0 Å². The Balaban J connectivity index is 1.86. The minimum atomic E-state index is -3.55. The lowest BCUT2D eigenvalue weighted by Crippen LogP contribution is -2.41. The van der Waals surface area contributed by atoms with Gasteiger partial charge in [-0.15, -0.1) is 0 Å². The number of benzene rings is 2. The highest BCUT2D eigenvalue weighted by molar-refractivity contribution is 7.92. The van der Waals surface area contributed by atoms with Crippen LogP contribution in [-0.2, 0) is 14.8 Å². The first-order chi connectivity index (χ1) is 12.8. The summed E-state index contributed by atoms with van der Waals surface area (Å²) in [5.41, 5.74) is 2.55. The van der Waals surface area contributed by atoms with E-state index in [2.05, 4.69) is 10.2 Å². The molecule has 0 unspecified atom stereocenters. The number of carbonyl (C=O) groups excluding carboxylic acids is 1. The molecule has 2 rings (SSSR count). The standard InChI is InChI=1S/C20H27N3O3S/c1-17-9-7-12-19(15-17)23(27(3,25)26)16-20(24)21-13-8-14-22(2)18-10-5-4-6-11-18/h4-7,9-12,15H,8,13-14,16H2,1-3H3,(H,21,24). The van der Waals surface area contributed by atoms with Crippen molar-refractivity contribution in [1.29, 1.82) is 0 Å². The van der Waals surface area contributed by atoms with Crippen LogP contribution in [0.3, 0.4) is 0 Å². The third-order valence-electron chi connectivity index (χ3n) is 4.17. The van der Waals surface area contributed by atoms with E-state index in [9.17, 15) is 13.2 Å². The Kier molecular flexibility index (Phi) is 7.24. The van der Waals surface area contributed by atoms with Gasteiger partial charge in [0.25, 0.3) is 0 Å². The largest absolute Gasteiger partial charge is 0.375 e. The minimum absolute atomic E-state index is 0.225. The van der Waals surface area contributed by atoms with Crippen molar-refractivity contribution in [3.8, 4) is 0 Å². The van der Waals surface area contributed by atoms with Gasteiger partial charge < -0.3 is 10.2 Å². The van der Waals surface area contributed by atoms with Crippen molar-refractivity contribution in [2.75, 3.05) is 42.1 Å². The number of para-hydroxylation sites is 1. The molecule has 0 fully saturated rings. The molecule has 27 heavy (non-hydrogen) atoms. The van der Waals surface area contributed by atoms with Gasteiger partial charge in [-0.05, 0) is 43.2 Å². The molecular formula is C20H27N3O3S. The van der Waals surface area contributed by atoms with E-state index < -0.39 is 10.0 Å². The van der Waals surface area contributed by atoms with Crippen LogP contribution >= 0.6 is 0 Å². The number of hydrogen-bond donors (Lipinski definition) is 1. The van der Waals surface area contributed by atoms with Gasteiger partial charge in [0.1, 0.15) is 6.54 Å². The van der Waals surface area contributed by atoms with Crippen LogP contribution in [0.5, 0.6) is 0 Å². The lowest BCUT2D eigenvalue weighted by atomic mass is 10.2. The highest BCUT2D eigenvalue weighted by Crippen LogP contribution is 2.18. The summed E-state index contributed by atoms with van der Waals surface area (Å²) in [5.74, 6) is -0.315. The summed E-state index contributed by atoms with van der Waals surface area (Å²) in [4.78, 5) is 14.4. The molecule has 0 saturated heterocycles. The fourth-order valence-electron chi connectivity index (χ4n) is 2.73. The van der Waals surface area contributed by atoms with Crippen LogP contribution < -0.4 is 14.5 Å². The molecule has 0 aromatic heterocycles. The monoisotopic (exact) mass is 389 g/mol. The SMILES string of the molecule is Cc1cccc(N(CC(=O)NCCCN(C)c2ccccc2)S(C)(=O)=O)c1. The van der Waals surface area contributed by atoms with Crippen molar-refractivity contribution in [2.45, 2.75) is 13.3 Å². The second kappa shape index (κ2) is 9.41. The van der Waals surface area contributed by atoms with Crippen molar-refractivity contribution >= 4 is 27.3 Å². The second-order valence-electron chi connectivity index (χ2n) is 6.57. The highest BCUT2D eigenvalue weighted by atomic mass is 32.2. The Hall–Kier alpha value is -2.54. The van der Waals surface area contributed by atoms with Crippen LogP contribution in [0.2, 0.25) is 0 Å². The lowest BCUT2D eigenvalue weighted by Gasteiger charge is -2.22. The molecule has 0 atom stereocenters. The van der Waals surface area contributed by atoms with Gasteiger partial charge in [0.15, 0.2) is 0 Å². The summed E-state index contributed by atoms with van der Waals surface area (Å²) >= 11 is 0. The number of carbonyl (C=O) groups is 1. The second-order valence-corrected chi connectivity index (χ2v) is 8.48. The summed E-state index contributed by atoms with van der Waals surface area (Å²) in [6.45, 7) is 2.93. The van der Waals surface area contributed by atoms with Gasteiger partial charge in [-0.2, -0.15) is 0 Å². The lowest BCUT2D eigenvalue weighted by molar-refractivity contribution is -0.119. The van der Waals surface area contributed by atoms with Gasteiger partial charge in [-0.3, -0.25) is 9.10 Å². The van der Waals surface area contributed by atoms with Gasteiger partial charge in [-0.25, -0.2) is 8.42 Å². The van der Waals surface area contributed by atoms with E-state index in [1.165, 1.54) is 0 Å². The zero-order chi connectivity index (χ0) is 19.9. The van der Waals surface area contributed by atoms with E-state index in [0.717, 1.165) is 34.8 Å². The predicted molar refractivity (Wildman–Crippen MR) is 111 cm³/mol. The molecule has 0 bridgehead atoms. The molecule has 2 aromatic rings. The number of sulfonamides is 1. The van der Waals surface area contributed by atoms with Crippen molar-refractivity contribution in [3.63, 3.8) is 0 Å². The molecule has 0 spiro atoms. The first-order valence-electron chi connectivity index (χ1n) is 8.84. The van der Waals surface area contributed by atoms with Gasteiger partial charge in [0.2, 0.25) is 15.9 Å². The number of nitrogens with one attached hydrogen (secondary N) is 1. The average molecular weight is 390 g/mol. The molecule has 146 valence electrons. The molecule has 6 nitrogen and oxygen atoms in total. The maximum atomic E-state index is 12.2. The van der Waals surface area contributed by atoms with Crippen molar-refractivity contribution in [1.82, 2.24) is 5.32 Å². The fraction of sp³-hybridized carbons (Fsp3) is 0.350. The quantitative estimate of drug-likeness (QED) is 0.669. The first kappa shape index (κ1) is 20.8. The van der Waals surface area contributed by atoms with Gasteiger partial charge in [0.05, 0.1) is 11.9 Å². The van der Waals surface area contributed by atoms with Gasteiger partial charge in [-0.1, -0.05) is 30.3 Å². The Labute approximate surface area is 161 Å². The fourth-order valence-corrected chi connectivity index (χ4v) is 3.57. The maximum absolute atomic E-state index is 12.2. The van der Waals surface area contributed by atoms with E-state index in [-0.39, 0.29) is 12.5 Å². The van der Waals surface area contributed by atoms with Crippen LogP contribution in [0.1, 0.15) is 12.0 Å². The number of anilines is 2. The number of hydrogen-bond acceptors (Lipinski definition) is 4. The normalized spacial score (nSPS) is 11.1. The molecule has 2 aromatic carbocycles. The summed E-state index contributed by atoms with van der Waals surface area (Å²) < 4.78 is 25.3. The Morgan fingerprint density at radius 3 is 2.33 bits per heavy atom. The smallest absolute Gasteiger partial charge is 0.240 e. The Morgan fingerprint density at radius 1 is 1.04 bits per heavy atom. The molecule has 0 heterocycles. The highest BCUT2D eigenvalue weighted by Gasteiger charge is 2.20. The molecule has 0 aliphatic heterocycles. The molecule has 1 N–H and O–H groups in total. The Morgan fingerprint density at radius 2 is 1.70 bits per heavy atom. The van der Waals surface area contributed by atoms with E-state index in [1.54, 1.807) is 18.2 Å². The minimum Gasteiger partial charge on any atom is -0.375 e. The first-order valence-corrected chi connectivity index (χ1v) is 10.7. The third-order valence-corrected chi connectivity index (χ3v) is 5.31. The molecule has 0 aliphatic rings. The maximum Gasteiger partial charge on any atom is 0.240 e. The topological polar surface area (TPSA) is 69.7 Å². The van der Waals surface area contributed by atoms with Crippen LogP contribution in [0, 0.1) is 6.92 Å². The van der Waals surface area contributed by atoms with Gasteiger partial charge in [0, 0.05) is 25.8 Å². The van der Waals surface area contributed by atoms with Crippen LogP contribution in [0.15, 0.2) is 54.6 Å². The molecule has 7 heteroatoms. The average Bonchev–Trinajstić information content (AvgIpc) is 2.63. The zero-order valence-corrected chi connectivity index (χ0v) is 16.9. The number of nitrogens with zero attached hydrogens (tertiary/aromatic N) is 2. The van der Waals surface area contributed by atoms with Crippen molar-refractivity contribution in [2.24, 2.45) is 0 Å². The van der Waals surface area contributed by atoms with E-state index in [4.69, 9.17) is 0 Å². The van der Waals surface area contributed by atoms with Crippen LogP contribution in [-0.4, -0.2) is 47.3 Å². The number of amides is 1. The zero-order valence-electron chi connectivity index (χ0n) is 16.1. The summed E-state index contributed by atoms with van der Waals surface area (Å²) in [7, 11) is -1.55. The van der Waals surface area contributed by atoms with Crippen molar-refractivity contribution < 1.29 is 13.2 Å². The molecule has 0 aliphatic carbocycles. The molecule has 1 amide bonds. The Bertz CT molecular complexity index is 854. The third kappa shape index (κ3) is 6.60. The van der Waals surface area contributed by atoms with Crippen molar-refractivity contribution in [3.05, 3.63) is 60.2 Å². The van der Waals surface area contributed by atoms with Crippen LogP contribution in [0.4, 0.5) is 11.4 Å². The van der Waals surface area contributed by atoms with E-state index in [0.29, 0.717) is 12.2 Å². The van der Waals surface area contributed by atoms with E-state index in [1.807, 2.05) is 50.4 Å². The molecular weight excluding hydrogens is 362 g/mol. The predicted octanol–water partition coefficient (Wildman–Crippen LogP) is 2.40. The summed E-state index contributed by atoms with van der Waals surface area (Å²) in [6.07, 6.45) is 1.87. The molecule has 0 radical (unpaired) electrons. The van der Waals surface area contributed by atoms with E-state index >= 15 is 0 Å². The summed E-state index contributed by atoms with van der Waals surface area (Å²) in [6, 6.07) is 17.1. The summed E-state index contributed by atoms with van der Waals surface area (Å²) in [5, 5.41) is 2.80. The number of aryl methyl sites for hydroxylation is 1. The number of rotatable bonds is 9.